The molecule has 5 nitrogen and oxygen atoms in total. The van der Waals surface area contributed by atoms with Gasteiger partial charge in [-0.2, -0.15) is 0 Å². The first kappa shape index (κ1) is 18.5. The van der Waals surface area contributed by atoms with E-state index in [1.165, 1.54) is 12.8 Å². The molecule has 3 aliphatic heterocycles. The van der Waals surface area contributed by atoms with Crippen LogP contribution in [-0.2, 0) is 4.79 Å². The molecule has 1 aromatic carbocycles. The van der Waals surface area contributed by atoms with Crippen LogP contribution < -0.4 is 10.6 Å². The second-order valence-electron chi connectivity index (χ2n) is 8.78. The number of benzene rings is 1. The number of piperidine rings is 2. The van der Waals surface area contributed by atoms with Crippen LogP contribution in [0, 0.1) is 11.8 Å². The van der Waals surface area contributed by atoms with E-state index in [2.05, 4.69) is 17.6 Å². The van der Waals surface area contributed by atoms with Crippen LogP contribution in [0.1, 0.15) is 62.2 Å². The maximum Gasteiger partial charge on any atom is 0.253 e. The van der Waals surface area contributed by atoms with Gasteiger partial charge in [0.25, 0.3) is 5.91 Å². The molecule has 3 fully saturated rings. The van der Waals surface area contributed by atoms with Crippen molar-refractivity contribution in [3.63, 3.8) is 0 Å². The van der Waals surface area contributed by atoms with Crippen LogP contribution in [0.15, 0.2) is 24.3 Å². The molecule has 146 valence electrons. The fraction of sp³-hybridized carbons (Fsp3) is 0.636. The van der Waals surface area contributed by atoms with Crippen molar-refractivity contribution < 1.29 is 9.59 Å². The van der Waals surface area contributed by atoms with Crippen molar-refractivity contribution in [3.05, 3.63) is 29.8 Å². The van der Waals surface area contributed by atoms with Crippen molar-refractivity contribution in [2.24, 2.45) is 11.8 Å². The Morgan fingerprint density at radius 2 is 1.67 bits per heavy atom. The van der Waals surface area contributed by atoms with E-state index in [1.54, 1.807) is 0 Å². The number of hydrogen-bond donors (Lipinski definition) is 2. The largest absolute Gasteiger partial charge is 0.339 e. The molecular formula is C22H31N3O2. The van der Waals surface area contributed by atoms with Crippen LogP contribution in [-0.4, -0.2) is 41.9 Å². The van der Waals surface area contributed by atoms with E-state index in [0.717, 1.165) is 44.5 Å². The lowest BCUT2D eigenvalue weighted by Gasteiger charge is -2.30. The van der Waals surface area contributed by atoms with Gasteiger partial charge in [-0.05, 0) is 74.6 Å². The van der Waals surface area contributed by atoms with E-state index < -0.39 is 0 Å². The fourth-order valence-corrected chi connectivity index (χ4v) is 4.91. The molecule has 2 atom stereocenters. The summed E-state index contributed by atoms with van der Waals surface area (Å²) in [4.78, 5) is 27.0. The fourth-order valence-electron chi connectivity index (χ4n) is 4.91. The summed E-state index contributed by atoms with van der Waals surface area (Å²) in [5.41, 5.74) is 1.48. The zero-order chi connectivity index (χ0) is 18.8. The highest BCUT2D eigenvalue weighted by Crippen LogP contribution is 2.32. The summed E-state index contributed by atoms with van der Waals surface area (Å²) in [6.07, 6.45) is 7.51. The zero-order valence-electron chi connectivity index (χ0n) is 16.2. The molecule has 2 N–H and O–H groups in total. The highest BCUT2D eigenvalue weighted by Gasteiger charge is 2.34. The molecule has 2 bridgehead atoms. The number of nitrogens with zero attached hydrogens (tertiary/aromatic N) is 1. The third-order valence-corrected chi connectivity index (χ3v) is 6.53. The number of likely N-dealkylation sites (tertiary alicyclic amines) is 1. The molecule has 2 unspecified atom stereocenters. The zero-order valence-corrected chi connectivity index (χ0v) is 16.2. The summed E-state index contributed by atoms with van der Waals surface area (Å²) in [6, 6.07) is 8.60. The number of amides is 2. The van der Waals surface area contributed by atoms with E-state index in [9.17, 15) is 9.59 Å². The number of carbonyl (C=O) groups excluding carboxylic acids is 2. The van der Waals surface area contributed by atoms with Gasteiger partial charge in [0.2, 0.25) is 5.91 Å². The average Bonchev–Trinajstić information content (AvgIpc) is 3.00. The summed E-state index contributed by atoms with van der Waals surface area (Å²) < 4.78 is 0. The van der Waals surface area contributed by atoms with Gasteiger partial charge in [-0.15, -0.1) is 0 Å². The molecule has 0 radical (unpaired) electrons. The van der Waals surface area contributed by atoms with Gasteiger partial charge in [-0.25, -0.2) is 0 Å². The first-order valence-electron chi connectivity index (χ1n) is 10.5. The molecule has 27 heavy (non-hydrogen) atoms. The Kier molecular flexibility index (Phi) is 5.48. The Bertz CT molecular complexity index is 667. The normalized spacial score (nSPS) is 28.2. The number of rotatable bonds is 4. The minimum atomic E-state index is 0.0883. The molecule has 0 aliphatic carbocycles. The second-order valence-corrected chi connectivity index (χ2v) is 8.78. The van der Waals surface area contributed by atoms with E-state index in [1.807, 2.05) is 29.2 Å². The molecular weight excluding hydrogens is 338 g/mol. The SMILES string of the molecule is CC1CCN(C(=O)c2ccc(NC(=O)CC3CC4CCC(C3)N4)cc2)CC1. The van der Waals surface area contributed by atoms with Gasteiger partial charge in [0.05, 0.1) is 0 Å². The van der Waals surface area contributed by atoms with Gasteiger partial charge >= 0.3 is 0 Å². The Balaban J connectivity index is 1.28. The smallest absolute Gasteiger partial charge is 0.253 e. The monoisotopic (exact) mass is 369 g/mol. The summed E-state index contributed by atoms with van der Waals surface area (Å²) in [5, 5.41) is 6.63. The average molecular weight is 370 g/mol. The Morgan fingerprint density at radius 3 is 2.30 bits per heavy atom. The molecule has 1 aromatic rings. The number of fused-ring (bicyclic) bond motifs is 2. The van der Waals surface area contributed by atoms with Gasteiger partial charge in [-0.3, -0.25) is 9.59 Å². The van der Waals surface area contributed by atoms with Gasteiger partial charge in [0, 0.05) is 42.8 Å². The van der Waals surface area contributed by atoms with Crippen molar-refractivity contribution in [2.45, 2.75) is 64.0 Å². The summed E-state index contributed by atoms with van der Waals surface area (Å²) in [6.45, 7) is 3.93. The van der Waals surface area contributed by atoms with Crippen LogP contribution >= 0.6 is 0 Å². The molecule has 3 aliphatic rings. The standard InChI is InChI=1S/C22H31N3O2/c1-15-8-10-25(11-9-15)22(27)17-2-4-18(5-3-17)24-21(26)14-16-12-19-6-7-20(13-16)23-19/h2-5,15-16,19-20,23H,6-14H2,1H3,(H,24,26). The van der Waals surface area contributed by atoms with E-state index in [4.69, 9.17) is 0 Å². The van der Waals surface area contributed by atoms with Gasteiger partial charge in [0.1, 0.15) is 0 Å². The van der Waals surface area contributed by atoms with Crippen LogP contribution in [0.4, 0.5) is 5.69 Å². The van der Waals surface area contributed by atoms with Crippen molar-refractivity contribution in [1.29, 1.82) is 0 Å². The van der Waals surface area contributed by atoms with Crippen LogP contribution in [0.25, 0.3) is 0 Å². The van der Waals surface area contributed by atoms with E-state index in [0.29, 0.717) is 35.9 Å². The summed E-state index contributed by atoms with van der Waals surface area (Å²) >= 11 is 0. The maximum atomic E-state index is 12.6. The topological polar surface area (TPSA) is 61.4 Å². The molecule has 2 amide bonds. The van der Waals surface area contributed by atoms with E-state index in [-0.39, 0.29) is 11.8 Å². The van der Waals surface area contributed by atoms with Gasteiger partial charge in [0.15, 0.2) is 0 Å². The minimum absolute atomic E-state index is 0.0883. The number of carbonyl (C=O) groups is 2. The van der Waals surface area contributed by atoms with Crippen molar-refractivity contribution in [1.82, 2.24) is 10.2 Å². The van der Waals surface area contributed by atoms with E-state index >= 15 is 0 Å². The lowest BCUT2D eigenvalue weighted by atomic mass is 9.89. The number of anilines is 1. The summed E-state index contributed by atoms with van der Waals surface area (Å²) in [5.74, 6) is 1.39. The molecule has 4 rings (SSSR count). The predicted molar refractivity (Wildman–Crippen MR) is 107 cm³/mol. The number of nitrogens with one attached hydrogen (secondary N) is 2. The summed E-state index contributed by atoms with van der Waals surface area (Å²) in [7, 11) is 0. The first-order valence-corrected chi connectivity index (χ1v) is 10.5. The Morgan fingerprint density at radius 1 is 1.04 bits per heavy atom. The van der Waals surface area contributed by atoms with Crippen molar-refractivity contribution >= 4 is 17.5 Å². The minimum Gasteiger partial charge on any atom is -0.339 e. The Hall–Kier alpha value is -1.88. The molecule has 0 aromatic heterocycles. The van der Waals surface area contributed by atoms with Gasteiger partial charge < -0.3 is 15.5 Å². The highest BCUT2D eigenvalue weighted by molar-refractivity contribution is 5.96. The van der Waals surface area contributed by atoms with Crippen LogP contribution in [0.5, 0.6) is 0 Å². The molecule has 0 saturated carbocycles. The highest BCUT2D eigenvalue weighted by atomic mass is 16.2. The first-order chi connectivity index (χ1) is 13.1. The predicted octanol–water partition coefficient (Wildman–Crippen LogP) is 3.42. The molecule has 3 saturated heterocycles. The second kappa shape index (κ2) is 8.01. The number of hydrogen-bond acceptors (Lipinski definition) is 3. The van der Waals surface area contributed by atoms with Crippen LogP contribution in [0.2, 0.25) is 0 Å². The molecule has 3 heterocycles. The Labute approximate surface area is 161 Å². The molecule has 0 spiro atoms. The quantitative estimate of drug-likeness (QED) is 0.855. The maximum absolute atomic E-state index is 12.6. The lowest BCUT2D eigenvalue weighted by Crippen LogP contribution is -2.39. The lowest BCUT2D eigenvalue weighted by molar-refractivity contribution is -0.117. The van der Waals surface area contributed by atoms with Crippen molar-refractivity contribution in [2.75, 3.05) is 18.4 Å². The molecule has 5 heteroatoms. The van der Waals surface area contributed by atoms with Gasteiger partial charge in [-0.1, -0.05) is 6.92 Å². The van der Waals surface area contributed by atoms with Crippen molar-refractivity contribution in [3.8, 4) is 0 Å². The third kappa shape index (κ3) is 4.52. The van der Waals surface area contributed by atoms with Crippen LogP contribution in [0.3, 0.4) is 0 Å². The third-order valence-electron chi connectivity index (χ3n) is 6.53.